The highest BCUT2D eigenvalue weighted by atomic mass is 16.2. The Bertz CT molecular complexity index is 936. The van der Waals surface area contributed by atoms with E-state index in [0.717, 1.165) is 5.39 Å². The van der Waals surface area contributed by atoms with E-state index in [1.165, 1.54) is 0 Å². The van der Waals surface area contributed by atoms with Crippen LogP contribution in [0, 0.1) is 5.92 Å². The van der Waals surface area contributed by atoms with Crippen LogP contribution >= 0.6 is 0 Å². The number of para-hydroxylation sites is 2. The second-order valence-corrected chi connectivity index (χ2v) is 6.56. The number of hydrogen-bond donors (Lipinski definition) is 3. The predicted molar refractivity (Wildman–Crippen MR) is 108 cm³/mol. The first-order valence-corrected chi connectivity index (χ1v) is 8.82. The number of benzene rings is 2. The number of carbonyl (C=O) groups is 2. The minimum atomic E-state index is -0.687. The van der Waals surface area contributed by atoms with E-state index < -0.39 is 12.1 Å². The summed E-state index contributed by atoms with van der Waals surface area (Å²) in [7, 11) is 0. The maximum atomic E-state index is 12.8. The Labute approximate surface area is 158 Å². The molecular weight excluding hydrogens is 340 g/mol. The second kappa shape index (κ2) is 8.31. The van der Waals surface area contributed by atoms with Gasteiger partial charge in [0.25, 0.3) is 0 Å². The molecule has 3 amide bonds. The SMILES string of the molecule is CC(C)[C@@H](NC(=O)Nc1ccccc1)C(=O)Nc1cccc2cccnc12. The van der Waals surface area contributed by atoms with Gasteiger partial charge in [-0.25, -0.2) is 4.79 Å². The number of aromatic nitrogens is 1. The van der Waals surface area contributed by atoms with E-state index in [4.69, 9.17) is 0 Å². The molecule has 0 unspecified atom stereocenters. The van der Waals surface area contributed by atoms with Crippen LogP contribution in [0.3, 0.4) is 0 Å². The number of fused-ring (bicyclic) bond motifs is 1. The van der Waals surface area contributed by atoms with Gasteiger partial charge >= 0.3 is 6.03 Å². The summed E-state index contributed by atoms with van der Waals surface area (Å²) in [5, 5.41) is 9.31. The van der Waals surface area contributed by atoms with Crippen molar-refractivity contribution in [2.45, 2.75) is 19.9 Å². The maximum absolute atomic E-state index is 12.8. The minimum absolute atomic E-state index is 0.0885. The highest BCUT2D eigenvalue weighted by Crippen LogP contribution is 2.21. The van der Waals surface area contributed by atoms with Gasteiger partial charge in [-0.1, -0.05) is 50.2 Å². The molecule has 0 fully saturated rings. The fourth-order valence-electron chi connectivity index (χ4n) is 2.78. The number of carbonyl (C=O) groups excluding carboxylic acids is 2. The summed E-state index contributed by atoms with van der Waals surface area (Å²) in [4.78, 5) is 29.4. The van der Waals surface area contributed by atoms with Crippen molar-refractivity contribution in [3.05, 3.63) is 66.9 Å². The average molecular weight is 362 g/mol. The molecule has 0 radical (unpaired) electrons. The Kier molecular flexibility index (Phi) is 5.66. The molecule has 1 aromatic heterocycles. The van der Waals surface area contributed by atoms with Gasteiger partial charge in [0.1, 0.15) is 6.04 Å². The van der Waals surface area contributed by atoms with E-state index in [1.54, 1.807) is 24.4 Å². The molecule has 0 aliphatic heterocycles. The van der Waals surface area contributed by atoms with Crippen molar-refractivity contribution >= 4 is 34.2 Å². The van der Waals surface area contributed by atoms with Crippen LogP contribution in [0.2, 0.25) is 0 Å². The van der Waals surface area contributed by atoms with Gasteiger partial charge in [-0.05, 0) is 30.2 Å². The van der Waals surface area contributed by atoms with Crippen LogP contribution in [-0.2, 0) is 4.79 Å². The van der Waals surface area contributed by atoms with Gasteiger partial charge in [0.2, 0.25) is 5.91 Å². The van der Waals surface area contributed by atoms with Crippen molar-refractivity contribution in [1.82, 2.24) is 10.3 Å². The Morgan fingerprint density at radius 3 is 2.37 bits per heavy atom. The summed E-state index contributed by atoms with van der Waals surface area (Å²) in [5.74, 6) is -0.374. The largest absolute Gasteiger partial charge is 0.326 e. The maximum Gasteiger partial charge on any atom is 0.319 e. The molecule has 6 heteroatoms. The van der Waals surface area contributed by atoms with Gasteiger partial charge in [-0.15, -0.1) is 0 Å². The fourth-order valence-corrected chi connectivity index (χ4v) is 2.78. The highest BCUT2D eigenvalue weighted by Gasteiger charge is 2.25. The average Bonchev–Trinajstić information content (AvgIpc) is 2.67. The molecule has 0 aliphatic rings. The van der Waals surface area contributed by atoms with E-state index in [1.807, 2.05) is 56.3 Å². The van der Waals surface area contributed by atoms with E-state index in [0.29, 0.717) is 16.9 Å². The molecule has 3 aromatic rings. The van der Waals surface area contributed by atoms with Crippen molar-refractivity contribution in [1.29, 1.82) is 0 Å². The molecule has 27 heavy (non-hydrogen) atoms. The third kappa shape index (κ3) is 4.61. The van der Waals surface area contributed by atoms with E-state index in [-0.39, 0.29) is 11.8 Å². The number of rotatable bonds is 5. The first kappa shape index (κ1) is 18.4. The van der Waals surface area contributed by atoms with Gasteiger partial charge in [0.05, 0.1) is 11.2 Å². The molecule has 3 N–H and O–H groups in total. The van der Waals surface area contributed by atoms with Gasteiger partial charge in [0.15, 0.2) is 0 Å². The van der Waals surface area contributed by atoms with Crippen LogP contribution in [0.15, 0.2) is 66.9 Å². The molecule has 0 spiro atoms. The summed E-state index contributed by atoms with van der Waals surface area (Å²) in [6.07, 6.45) is 1.68. The van der Waals surface area contributed by atoms with Gasteiger partial charge in [-0.3, -0.25) is 9.78 Å². The van der Waals surface area contributed by atoms with Gasteiger partial charge in [0, 0.05) is 17.3 Å². The zero-order chi connectivity index (χ0) is 19.2. The number of nitrogens with zero attached hydrogens (tertiary/aromatic N) is 1. The predicted octanol–water partition coefficient (Wildman–Crippen LogP) is 4.02. The topological polar surface area (TPSA) is 83.1 Å². The number of pyridine rings is 1. The van der Waals surface area contributed by atoms with Gasteiger partial charge in [-0.2, -0.15) is 0 Å². The lowest BCUT2D eigenvalue weighted by atomic mass is 10.0. The first-order valence-electron chi connectivity index (χ1n) is 8.82. The first-order chi connectivity index (χ1) is 13.0. The van der Waals surface area contributed by atoms with E-state index in [9.17, 15) is 9.59 Å². The standard InChI is InChI=1S/C21H22N4O2/c1-14(2)18(25-21(27)23-16-10-4-3-5-11-16)20(26)24-17-12-6-8-15-9-7-13-22-19(15)17/h3-14,18H,1-2H3,(H,24,26)(H2,23,25,27)/t18-/m1/s1. The number of anilines is 2. The Balaban J connectivity index is 1.72. The summed E-state index contributed by atoms with van der Waals surface area (Å²) in [6.45, 7) is 3.77. The van der Waals surface area contributed by atoms with Crippen molar-refractivity contribution in [3.8, 4) is 0 Å². The molecule has 0 saturated carbocycles. The highest BCUT2D eigenvalue weighted by molar-refractivity contribution is 6.04. The Morgan fingerprint density at radius 1 is 0.889 bits per heavy atom. The quantitative estimate of drug-likeness (QED) is 0.641. The number of hydrogen-bond acceptors (Lipinski definition) is 3. The van der Waals surface area contributed by atoms with Crippen LogP contribution < -0.4 is 16.0 Å². The minimum Gasteiger partial charge on any atom is -0.326 e. The lowest BCUT2D eigenvalue weighted by Crippen LogP contribution is -2.48. The smallest absolute Gasteiger partial charge is 0.319 e. The summed E-state index contributed by atoms with van der Waals surface area (Å²) < 4.78 is 0. The fraction of sp³-hybridized carbons (Fsp3) is 0.190. The van der Waals surface area contributed by atoms with Crippen molar-refractivity contribution in [3.63, 3.8) is 0 Å². The molecule has 138 valence electrons. The molecular formula is C21H22N4O2. The van der Waals surface area contributed by atoms with E-state index in [2.05, 4.69) is 20.9 Å². The van der Waals surface area contributed by atoms with Gasteiger partial charge < -0.3 is 16.0 Å². The van der Waals surface area contributed by atoms with E-state index >= 15 is 0 Å². The lowest BCUT2D eigenvalue weighted by molar-refractivity contribution is -0.118. The Morgan fingerprint density at radius 2 is 1.63 bits per heavy atom. The second-order valence-electron chi connectivity index (χ2n) is 6.56. The number of amides is 3. The lowest BCUT2D eigenvalue weighted by Gasteiger charge is -2.22. The molecule has 0 bridgehead atoms. The van der Waals surface area contributed by atoms with Crippen LogP contribution in [0.4, 0.5) is 16.2 Å². The van der Waals surface area contributed by atoms with Crippen LogP contribution in [-0.4, -0.2) is 23.0 Å². The Hall–Kier alpha value is -3.41. The molecule has 1 atom stereocenters. The zero-order valence-corrected chi connectivity index (χ0v) is 15.3. The zero-order valence-electron chi connectivity index (χ0n) is 15.3. The monoisotopic (exact) mass is 362 g/mol. The third-order valence-corrected chi connectivity index (χ3v) is 4.16. The van der Waals surface area contributed by atoms with Crippen molar-refractivity contribution in [2.75, 3.05) is 10.6 Å². The normalized spacial score (nSPS) is 11.8. The molecule has 0 aliphatic carbocycles. The molecule has 2 aromatic carbocycles. The summed E-state index contributed by atoms with van der Waals surface area (Å²) in [5.41, 5.74) is 2.00. The summed E-state index contributed by atoms with van der Waals surface area (Å²) in [6, 6.07) is 17.4. The molecule has 1 heterocycles. The van der Waals surface area contributed by atoms with Crippen LogP contribution in [0.5, 0.6) is 0 Å². The third-order valence-electron chi connectivity index (χ3n) is 4.16. The van der Waals surface area contributed by atoms with Crippen LogP contribution in [0.1, 0.15) is 13.8 Å². The van der Waals surface area contributed by atoms with Crippen molar-refractivity contribution < 1.29 is 9.59 Å². The molecule has 6 nitrogen and oxygen atoms in total. The molecule has 3 rings (SSSR count). The summed E-state index contributed by atoms with van der Waals surface area (Å²) >= 11 is 0. The number of nitrogens with one attached hydrogen (secondary N) is 3. The van der Waals surface area contributed by atoms with Crippen LogP contribution in [0.25, 0.3) is 10.9 Å². The molecule has 0 saturated heterocycles. The number of urea groups is 1. The van der Waals surface area contributed by atoms with Crippen molar-refractivity contribution in [2.24, 2.45) is 5.92 Å².